The van der Waals surface area contributed by atoms with Crippen LogP contribution in [0.2, 0.25) is 0 Å². The first-order chi connectivity index (χ1) is 18.5. The van der Waals surface area contributed by atoms with Crippen LogP contribution in [0.5, 0.6) is 5.75 Å². The Morgan fingerprint density at radius 3 is 2.54 bits per heavy atom. The fraction of sp³-hybridized carbons (Fsp3) is 0.533. The van der Waals surface area contributed by atoms with Crippen LogP contribution < -0.4 is 10.1 Å². The summed E-state index contributed by atoms with van der Waals surface area (Å²) < 4.78 is 13.4. The predicted molar refractivity (Wildman–Crippen MR) is 149 cm³/mol. The molecule has 0 saturated heterocycles. The number of amides is 1. The van der Waals surface area contributed by atoms with Crippen molar-refractivity contribution in [2.45, 2.75) is 73.3 Å². The molecule has 1 saturated carbocycles. The Bertz CT molecular complexity index is 1400. The number of rotatable bonds is 8. The van der Waals surface area contributed by atoms with Crippen LogP contribution in [-0.2, 0) is 9.53 Å². The number of aromatic amines is 1. The van der Waals surface area contributed by atoms with Gasteiger partial charge in [-0.25, -0.2) is 14.6 Å². The summed E-state index contributed by atoms with van der Waals surface area (Å²) >= 11 is 0. The molecule has 3 unspecified atom stereocenters. The molecule has 0 aliphatic heterocycles. The first-order valence-electron chi connectivity index (χ1n) is 13.7. The van der Waals surface area contributed by atoms with Gasteiger partial charge in [-0.15, -0.1) is 0 Å². The van der Waals surface area contributed by atoms with Crippen LogP contribution in [0.25, 0.3) is 10.5 Å². The van der Waals surface area contributed by atoms with Gasteiger partial charge >= 0.3 is 5.97 Å². The van der Waals surface area contributed by atoms with Gasteiger partial charge in [0.25, 0.3) is 5.91 Å². The number of hydrogen-bond acceptors (Lipinski definition) is 5. The molecule has 1 fully saturated rings. The number of hydrogen-bond donors (Lipinski definition) is 2. The molecule has 3 aromatic rings. The van der Waals surface area contributed by atoms with Crippen molar-refractivity contribution in [2.75, 3.05) is 13.2 Å². The van der Waals surface area contributed by atoms with E-state index in [9.17, 15) is 9.59 Å². The lowest BCUT2D eigenvalue weighted by Crippen LogP contribution is -2.37. The van der Waals surface area contributed by atoms with Gasteiger partial charge in [0.15, 0.2) is 12.3 Å². The molecule has 4 rings (SSSR count). The average molecular weight is 534 g/mol. The quantitative estimate of drug-likeness (QED) is 0.287. The number of carbonyl (C=O) groups excluding carboxylic acids is 2. The van der Waals surface area contributed by atoms with Crippen molar-refractivity contribution in [3.05, 3.63) is 57.8 Å². The van der Waals surface area contributed by atoms with Crippen LogP contribution in [0, 0.1) is 45.1 Å². The van der Waals surface area contributed by atoms with E-state index >= 15 is 0 Å². The summed E-state index contributed by atoms with van der Waals surface area (Å²) in [6.45, 7) is 22.1. The lowest BCUT2D eigenvalue weighted by molar-refractivity contribution is -0.123. The second-order valence-corrected chi connectivity index (χ2v) is 11.4. The summed E-state index contributed by atoms with van der Waals surface area (Å²) in [4.78, 5) is 34.2. The minimum atomic E-state index is -0.507. The fourth-order valence-corrected chi connectivity index (χ4v) is 5.83. The van der Waals surface area contributed by atoms with Crippen LogP contribution in [-0.4, -0.2) is 45.7 Å². The van der Waals surface area contributed by atoms with Crippen molar-refractivity contribution in [1.29, 1.82) is 0 Å². The maximum absolute atomic E-state index is 13.4. The molecule has 2 heterocycles. The summed E-state index contributed by atoms with van der Waals surface area (Å²) in [5.41, 5.74) is 3.53. The first-order valence-corrected chi connectivity index (χ1v) is 13.7. The van der Waals surface area contributed by atoms with Gasteiger partial charge in [0.1, 0.15) is 23.2 Å². The highest BCUT2D eigenvalue weighted by Gasteiger charge is 2.36. The molecule has 0 spiro atoms. The summed E-state index contributed by atoms with van der Waals surface area (Å²) in [5, 5.41) is 6.09. The molecule has 9 nitrogen and oxygen atoms in total. The summed E-state index contributed by atoms with van der Waals surface area (Å²) in [7, 11) is 0. The number of aryl methyl sites for hydroxylation is 3. The standard InChI is InChI=1S/C30H39N5O4/c1-16-9-10-23(18(3)11-16)38-15-24(36)32-14-21(6)28-33-29-25(26(31-8)22(7)35(29)34-28)30(37)39-27-19(4)12-17(2)13-20(27)5/h9-11,17,19-21,27H,12-15H2,1-7H3,(H,32,36)(H,33,34). The van der Waals surface area contributed by atoms with Gasteiger partial charge in [-0.05, 0) is 63.0 Å². The highest BCUT2D eigenvalue weighted by molar-refractivity contribution is 6.03. The Morgan fingerprint density at radius 1 is 1.21 bits per heavy atom. The molecule has 208 valence electrons. The highest BCUT2D eigenvalue weighted by atomic mass is 16.5. The molecule has 1 aliphatic carbocycles. The molecule has 0 bridgehead atoms. The minimum absolute atomic E-state index is 0.0865. The van der Waals surface area contributed by atoms with Crippen LogP contribution >= 0.6 is 0 Å². The van der Waals surface area contributed by atoms with E-state index in [4.69, 9.17) is 16.0 Å². The number of nitrogens with zero attached hydrogens (tertiary/aromatic N) is 3. The Kier molecular flexibility index (Phi) is 8.34. The van der Waals surface area contributed by atoms with Crippen molar-refractivity contribution < 1.29 is 19.1 Å². The summed E-state index contributed by atoms with van der Waals surface area (Å²) in [6, 6.07) is 5.82. The van der Waals surface area contributed by atoms with Crippen LogP contribution in [0.3, 0.4) is 0 Å². The van der Waals surface area contributed by atoms with Crippen molar-refractivity contribution >= 4 is 23.2 Å². The van der Waals surface area contributed by atoms with Gasteiger partial charge in [-0.2, -0.15) is 0 Å². The van der Waals surface area contributed by atoms with E-state index in [0.717, 1.165) is 24.0 Å². The zero-order valence-corrected chi connectivity index (χ0v) is 23.9. The Hall–Kier alpha value is -3.80. The molecular weight excluding hydrogens is 494 g/mol. The number of benzene rings is 1. The maximum atomic E-state index is 13.4. The van der Waals surface area contributed by atoms with Crippen molar-refractivity contribution in [3.8, 4) is 5.75 Å². The molecule has 1 amide bonds. The van der Waals surface area contributed by atoms with Crippen LogP contribution in [0.1, 0.15) is 79.5 Å². The number of carbonyl (C=O) groups is 2. The van der Waals surface area contributed by atoms with E-state index < -0.39 is 5.97 Å². The van der Waals surface area contributed by atoms with Crippen molar-refractivity contribution in [3.63, 3.8) is 0 Å². The average Bonchev–Trinajstić information content (AvgIpc) is 3.41. The number of H-pyrrole nitrogens is 1. The first kappa shape index (κ1) is 28.2. The SMILES string of the molecule is [C-]#[N+]c1c(C(=O)OC2C(C)CC(C)CC2C)c2nc(C(C)CNC(=O)COc3ccc(C)cc3C)[nH]n2c1C. The normalized spacial score (nSPS) is 21.8. The van der Waals surface area contributed by atoms with E-state index in [0.29, 0.717) is 35.4 Å². The molecule has 0 radical (unpaired) electrons. The lowest BCUT2D eigenvalue weighted by atomic mass is 9.75. The summed E-state index contributed by atoms with van der Waals surface area (Å²) in [6.07, 6.45) is 1.82. The van der Waals surface area contributed by atoms with Crippen molar-refractivity contribution in [2.24, 2.45) is 17.8 Å². The van der Waals surface area contributed by atoms with Gasteiger partial charge < -0.3 is 14.8 Å². The predicted octanol–water partition coefficient (Wildman–Crippen LogP) is 5.66. The minimum Gasteiger partial charge on any atom is -0.484 e. The number of fused-ring (bicyclic) bond motifs is 1. The topological polar surface area (TPSA) is 102 Å². The third-order valence-corrected chi connectivity index (χ3v) is 7.79. The van der Waals surface area contributed by atoms with E-state index in [1.54, 1.807) is 11.4 Å². The van der Waals surface area contributed by atoms with Crippen LogP contribution in [0.4, 0.5) is 5.69 Å². The monoisotopic (exact) mass is 533 g/mol. The van der Waals surface area contributed by atoms with Gasteiger partial charge in [0, 0.05) is 18.2 Å². The zero-order valence-electron chi connectivity index (χ0n) is 23.9. The van der Waals surface area contributed by atoms with Crippen molar-refractivity contribution in [1.82, 2.24) is 19.9 Å². The molecular formula is C30H39N5O4. The Balaban J connectivity index is 1.45. The second-order valence-electron chi connectivity index (χ2n) is 11.4. The van der Waals surface area contributed by atoms with Gasteiger partial charge in [0.05, 0.1) is 6.57 Å². The summed E-state index contributed by atoms with van der Waals surface area (Å²) in [5.74, 6) is 1.47. The number of esters is 1. The molecule has 1 aliphatic rings. The lowest BCUT2D eigenvalue weighted by Gasteiger charge is -2.37. The fourth-order valence-electron chi connectivity index (χ4n) is 5.83. The number of nitrogens with one attached hydrogen (secondary N) is 2. The van der Waals surface area contributed by atoms with Gasteiger partial charge in [-0.3, -0.25) is 14.4 Å². The number of ether oxygens (including phenoxy) is 2. The van der Waals surface area contributed by atoms with E-state index in [-0.39, 0.29) is 47.6 Å². The third kappa shape index (κ3) is 5.95. The Morgan fingerprint density at radius 2 is 1.90 bits per heavy atom. The van der Waals surface area contributed by atoms with Gasteiger partial charge in [0.2, 0.25) is 5.69 Å². The van der Waals surface area contributed by atoms with E-state index in [1.807, 2.05) is 39.0 Å². The largest absolute Gasteiger partial charge is 0.484 e. The van der Waals surface area contributed by atoms with Crippen LogP contribution in [0.15, 0.2) is 18.2 Å². The zero-order chi connectivity index (χ0) is 28.4. The molecule has 3 atom stereocenters. The smallest absolute Gasteiger partial charge is 0.331 e. The maximum Gasteiger partial charge on any atom is 0.331 e. The molecule has 39 heavy (non-hydrogen) atoms. The Labute approximate surface area is 230 Å². The molecule has 2 N–H and O–H groups in total. The van der Waals surface area contributed by atoms with E-state index in [1.165, 1.54) is 0 Å². The molecule has 9 heteroatoms. The third-order valence-electron chi connectivity index (χ3n) is 7.79. The van der Waals surface area contributed by atoms with Gasteiger partial charge in [-0.1, -0.05) is 45.4 Å². The van der Waals surface area contributed by atoms with E-state index in [2.05, 4.69) is 41.0 Å². The molecule has 1 aromatic carbocycles. The number of aromatic nitrogens is 3. The highest BCUT2D eigenvalue weighted by Crippen LogP contribution is 2.37. The second kappa shape index (κ2) is 11.5. The molecule has 2 aromatic heterocycles.